The van der Waals surface area contributed by atoms with Crippen molar-refractivity contribution in [1.82, 2.24) is 29.5 Å². The van der Waals surface area contributed by atoms with Crippen LogP contribution >= 0.6 is 11.6 Å². The van der Waals surface area contributed by atoms with Crippen molar-refractivity contribution in [2.75, 3.05) is 72.9 Å². The highest BCUT2D eigenvalue weighted by Gasteiger charge is 2.51. The van der Waals surface area contributed by atoms with Crippen LogP contribution in [0.1, 0.15) is 50.1 Å². The molecule has 4 aliphatic heterocycles. The van der Waals surface area contributed by atoms with Crippen LogP contribution in [0.4, 0.5) is 37.3 Å². The minimum Gasteiger partial charge on any atom is -0.480 e. The Bertz CT molecular complexity index is 2610. The van der Waals surface area contributed by atoms with E-state index in [0.717, 1.165) is 86.8 Å². The second kappa shape index (κ2) is 15.5. The van der Waals surface area contributed by atoms with Gasteiger partial charge in [-0.1, -0.05) is 11.6 Å². The van der Waals surface area contributed by atoms with Crippen molar-refractivity contribution < 1.29 is 23.1 Å². The van der Waals surface area contributed by atoms with Crippen LogP contribution < -0.4 is 36.0 Å². The molecular weight excluding hydrogens is 806 g/mol. The Labute approximate surface area is 356 Å². The van der Waals surface area contributed by atoms with Gasteiger partial charge in [0.15, 0.2) is 6.61 Å². The number of carbonyl (C=O) groups is 2. The molecule has 2 atom stereocenters. The van der Waals surface area contributed by atoms with Crippen LogP contribution in [0.3, 0.4) is 0 Å². The normalized spacial score (nSPS) is 22.4. The first-order valence-electron chi connectivity index (χ1n) is 21.3. The van der Waals surface area contributed by atoms with Crippen LogP contribution in [0.2, 0.25) is 5.02 Å². The number of piperidine rings is 2. The van der Waals surface area contributed by atoms with Crippen molar-refractivity contribution >= 4 is 73.8 Å². The monoisotopic (exact) mass is 854 g/mol. The lowest BCUT2D eigenvalue weighted by Crippen LogP contribution is -2.49. The molecule has 17 heteroatoms. The fraction of sp³-hybridized carbons (Fsp3) is 0.477. The first-order valence-corrected chi connectivity index (χ1v) is 21.7. The van der Waals surface area contributed by atoms with Gasteiger partial charge in [0.05, 0.1) is 51.3 Å². The predicted octanol–water partition coefficient (Wildman–Crippen LogP) is 5.99. The first kappa shape index (κ1) is 39.6. The molecule has 2 aromatic carbocycles. The quantitative estimate of drug-likeness (QED) is 0.159. The van der Waals surface area contributed by atoms with E-state index in [-0.39, 0.29) is 23.5 Å². The number of carbonyl (C=O) groups excluding carboxylic acids is 2. The van der Waals surface area contributed by atoms with Crippen molar-refractivity contribution in [3.8, 4) is 5.75 Å². The minimum absolute atomic E-state index is 0.0894. The van der Waals surface area contributed by atoms with Gasteiger partial charge >= 0.3 is 5.92 Å². The fourth-order valence-corrected chi connectivity index (χ4v) is 9.87. The number of aromatic nitrogens is 4. The molecular formula is C44H49ClF2N10O4. The number of imide groups is 1. The summed E-state index contributed by atoms with van der Waals surface area (Å²) in [6.07, 6.45) is 5.97. The van der Waals surface area contributed by atoms with Crippen LogP contribution in [0.25, 0.3) is 21.8 Å². The molecule has 3 saturated heterocycles. The van der Waals surface area contributed by atoms with Crippen LogP contribution in [0.5, 0.6) is 5.75 Å². The molecule has 320 valence electrons. The molecule has 3 aromatic heterocycles. The van der Waals surface area contributed by atoms with Gasteiger partial charge in [-0.25, -0.2) is 13.8 Å². The Morgan fingerprint density at radius 2 is 1.69 bits per heavy atom. The first-order chi connectivity index (χ1) is 29.4. The van der Waals surface area contributed by atoms with E-state index in [2.05, 4.69) is 53.8 Å². The molecule has 3 N–H and O–H groups in total. The summed E-state index contributed by atoms with van der Waals surface area (Å²) in [5, 5.41) is 15.7. The molecule has 1 aliphatic carbocycles. The Morgan fingerprint density at radius 3 is 2.44 bits per heavy atom. The number of halogens is 3. The van der Waals surface area contributed by atoms with Gasteiger partial charge in [-0.15, -0.1) is 0 Å². The summed E-state index contributed by atoms with van der Waals surface area (Å²) >= 11 is 6.69. The number of rotatable bonds is 8. The van der Waals surface area contributed by atoms with Crippen molar-refractivity contribution in [1.29, 1.82) is 0 Å². The van der Waals surface area contributed by atoms with Crippen LogP contribution in [0.15, 0.2) is 53.5 Å². The Kier molecular flexibility index (Phi) is 10.0. The van der Waals surface area contributed by atoms with Gasteiger partial charge in [0, 0.05) is 94.5 Å². The highest BCUT2D eigenvalue weighted by atomic mass is 35.5. The molecule has 61 heavy (non-hydrogen) atoms. The number of nitrogens with zero attached hydrogens (tertiary/aromatic N) is 7. The summed E-state index contributed by atoms with van der Waals surface area (Å²) in [6, 6.07) is 12.7. The third kappa shape index (κ3) is 7.51. The molecule has 2 amide bonds. The molecule has 5 aliphatic rings. The maximum atomic E-state index is 15.2. The van der Waals surface area contributed by atoms with Gasteiger partial charge in [0.2, 0.25) is 17.6 Å². The molecule has 0 radical (unpaired) electrons. The second-order valence-electron chi connectivity index (χ2n) is 17.4. The van der Waals surface area contributed by atoms with E-state index in [4.69, 9.17) is 21.4 Å². The number of hydrogen-bond donors (Lipinski definition) is 3. The third-order valence-corrected chi connectivity index (χ3v) is 13.7. The fourth-order valence-electron chi connectivity index (χ4n) is 9.72. The lowest BCUT2D eigenvalue weighted by Gasteiger charge is -2.40. The third-order valence-electron chi connectivity index (χ3n) is 13.4. The summed E-state index contributed by atoms with van der Waals surface area (Å²) in [6.45, 7) is 5.75. The molecule has 7 heterocycles. The zero-order valence-electron chi connectivity index (χ0n) is 34.2. The number of nitrogens with one attached hydrogen (secondary N) is 3. The van der Waals surface area contributed by atoms with Gasteiger partial charge in [-0.05, 0) is 80.3 Å². The predicted molar refractivity (Wildman–Crippen MR) is 232 cm³/mol. The number of ether oxygens (including phenoxy) is 1. The lowest BCUT2D eigenvalue weighted by molar-refractivity contribution is -0.134. The zero-order chi connectivity index (χ0) is 42.2. The largest absolute Gasteiger partial charge is 0.480 e. The number of amides is 2. The topological polar surface area (TPSA) is 142 Å². The summed E-state index contributed by atoms with van der Waals surface area (Å²) in [5.74, 6) is -2.90. The van der Waals surface area contributed by atoms with E-state index in [0.29, 0.717) is 64.6 Å². The van der Waals surface area contributed by atoms with Crippen LogP contribution in [-0.4, -0.2) is 100 Å². The smallest absolute Gasteiger partial charge is 0.301 e. The Hall–Kier alpha value is -5.48. The maximum absolute atomic E-state index is 15.2. The van der Waals surface area contributed by atoms with Gasteiger partial charge < -0.3 is 29.7 Å². The summed E-state index contributed by atoms with van der Waals surface area (Å²) in [7, 11) is 3.52. The van der Waals surface area contributed by atoms with E-state index < -0.39 is 30.0 Å². The lowest BCUT2D eigenvalue weighted by atomic mass is 9.93. The number of pyridine rings is 2. The Morgan fingerprint density at radius 1 is 0.902 bits per heavy atom. The number of anilines is 5. The Balaban J connectivity index is 0.763. The van der Waals surface area contributed by atoms with Gasteiger partial charge in [0.1, 0.15) is 5.82 Å². The number of fused-ring (bicyclic) bond motifs is 4. The highest BCUT2D eigenvalue weighted by molar-refractivity contribution is 6.33. The van der Waals surface area contributed by atoms with E-state index >= 15 is 8.78 Å². The van der Waals surface area contributed by atoms with Crippen molar-refractivity contribution in [2.45, 2.75) is 56.4 Å². The summed E-state index contributed by atoms with van der Waals surface area (Å²) < 4.78 is 39.1. The highest BCUT2D eigenvalue weighted by Crippen LogP contribution is 2.46. The number of hydrogen-bond acceptors (Lipinski definition) is 11. The molecule has 1 saturated carbocycles. The molecule has 10 rings (SSSR count). The summed E-state index contributed by atoms with van der Waals surface area (Å²) in [5.41, 5.74) is 4.65. The van der Waals surface area contributed by atoms with Crippen molar-refractivity contribution in [2.24, 2.45) is 25.9 Å². The average Bonchev–Trinajstić information content (AvgIpc) is 4.06. The maximum Gasteiger partial charge on any atom is 0.301 e. The van der Waals surface area contributed by atoms with Gasteiger partial charge in [-0.2, -0.15) is 5.10 Å². The minimum atomic E-state index is -3.12. The number of benzene rings is 2. The molecule has 0 spiro atoms. The SMILES string of the molecule is Cn1nc(C2CCC(=O)NC2=O)c2ccc(N3CCN(CC4CCN(c5cc(Nc6ccc7c(c6)c6c(c(=O)n7C)OCC(F)(F)C(C7CC7)N6)c(Cl)cn5)CC4)CC3)cc21. The molecule has 2 unspecified atom stereocenters. The zero-order valence-corrected chi connectivity index (χ0v) is 35.0. The molecule has 14 nitrogen and oxygen atoms in total. The van der Waals surface area contributed by atoms with E-state index in [9.17, 15) is 14.4 Å². The molecule has 0 bridgehead atoms. The second-order valence-corrected chi connectivity index (χ2v) is 17.8. The average molecular weight is 855 g/mol. The molecule has 4 fully saturated rings. The number of piperazine rings is 1. The van der Waals surface area contributed by atoms with Crippen molar-refractivity contribution in [3.63, 3.8) is 0 Å². The van der Waals surface area contributed by atoms with Gasteiger partial charge in [0.25, 0.3) is 5.56 Å². The van der Waals surface area contributed by atoms with E-state index in [1.165, 1.54) is 4.57 Å². The van der Waals surface area contributed by atoms with Gasteiger partial charge in [-0.3, -0.25) is 29.3 Å². The molecule has 5 aromatic rings. The number of aryl methyl sites for hydroxylation is 2. The van der Waals surface area contributed by atoms with Crippen LogP contribution in [0, 0.1) is 11.8 Å². The van der Waals surface area contributed by atoms with E-state index in [1.807, 2.05) is 29.9 Å². The van der Waals surface area contributed by atoms with Crippen LogP contribution in [-0.2, 0) is 23.7 Å². The summed E-state index contributed by atoms with van der Waals surface area (Å²) in [4.78, 5) is 49.5. The van der Waals surface area contributed by atoms with E-state index in [1.54, 1.807) is 19.3 Å². The standard InChI is InChI=1S/C44H49ClF2N10O4/c1-53-34-9-5-27(19-31(34)39-40(43(53)60)61-24-44(46,47)41(51-39)26-3-4-26)49-33-21-36(48-22-32(33)45)57-13-11-25(12-14-57)23-55-15-17-56(18-16-55)28-6-7-29-35(20-28)54(2)52-38(29)30-8-10-37(58)50-42(30)59/h5-7,9,19-22,25-26,30,41,51H,3-4,8,10-18,23-24H2,1-2H3,(H,48,49)(H,50,58,59). The van der Waals surface area contributed by atoms with Crippen molar-refractivity contribution in [3.05, 3.63) is 69.7 Å². The number of alkyl halides is 2.